The summed E-state index contributed by atoms with van der Waals surface area (Å²) in [5.41, 5.74) is -0.0233. The minimum Gasteiger partial charge on any atom is -0.459 e. The van der Waals surface area contributed by atoms with Gasteiger partial charge in [0.1, 0.15) is 5.60 Å². The summed E-state index contributed by atoms with van der Waals surface area (Å²) in [7, 11) is 0. The molecule has 1 amide bonds. The molecule has 124 valence electrons. The molecule has 0 saturated carbocycles. The first-order chi connectivity index (χ1) is 10.7. The summed E-state index contributed by atoms with van der Waals surface area (Å²) in [5.74, 6) is -1.12. The normalized spacial score (nSPS) is 20.7. The highest BCUT2D eigenvalue weighted by atomic mass is 16.6. The van der Waals surface area contributed by atoms with E-state index < -0.39 is 10.5 Å². The number of cyclic esters (lactones) is 1. The smallest absolute Gasteiger partial charge is 0.309 e. The Morgan fingerprint density at radius 1 is 1.43 bits per heavy atom. The van der Waals surface area contributed by atoms with Crippen molar-refractivity contribution in [2.45, 2.75) is 39.2 Å². The number of nitrogens with zero attached hydrogens (tertiary/aromatic N) is 1. The number of carbonyl (C=O) groups is 2. The summed E-state index contributed by atoms with van der Waals surface area (Å²) in [6, 6.07) is 5.62. The molecule has 2 atom stereocenters. The standard InChI is InChI=1S/C16H20N2O5/c1-10(8-11-9-16(2,3)23-15(11)20)14(19)17-12-4-6-13(7-5-12)18(21)22/h4-7,10-11H,8-9H2,1-3H3,(H,17,19)/t10-,11-/m1/s1. The van der Waals surface area contributed by atoms with Gasteiger partial charge < -0.3 is 10.1 Å². The van der Waals surface area contributed by atoms with E-state index in [-0.39, 0.29) is 29.4 Å². The van der Waals surface area contributed by atoms with E-state index in [1.165, 1.54) is 24.3 Å². The Kier molecular flexibility index (Phi) is 4.68. The molecule has 0 unspecified atom stereocenters. The maximum absolute atomic E-state index is 12.2. The summed E-state index contributed by atoms with van der Waals surface area (Å²) in [6.07, 6.45) is 1.02. The predicted octanol–water partition coefficient (Wildman–Crippen LogP) is 2.90. The molecule has 0 aliphatic carbocycles. The van der Waals surface area contributed by atoms with E-state index in [2.05, 4.69) is 5.32 Å². The Labute approximate surface area is 134 Å². The topological polar surface area (TPSA) is 98.5 Å². The highest BCUT2D eigenvalue weighted by Crippen LogP contribution is 2.34. The molecule has 0 spiro atoms. The van der Waals surface area contributed by atoms with Gasteiger partial charge in [-0.05, 0) is 38.8 Å². The number of esters is 1. The van der Waals surface area contributed by atoms with E-state index in [1.807, 2.05) is 13.8 Å². The average molecular weight is 320 g/mol. The number of nitro groups is 1. The lowest BCUT2D eigenvalue weighted by Crippen LogP contribution is -2.24. The van der Waals surface area contributed by atoms with Gasteiger partial charge in [-0.15, -0.1) is 0 Å². The van der Waals surface area contributed by atoms with Gasteiger partial charge in [-0.2, -0.15) is 0 Å². The van der Waals surface area contributed by atoms with Gasteiger partial charge in [0, 0.05) is 23.7 Å². The summed E-state index contributed by atoms with van der Waals surface area (Å²) in [6.45, 7) is 5.46. The van der Waals surface area contributed by atoms with Gasteiger partial charge in [0.25, 0.3) is 5.69 Å². The molecule has 1 aliphatic rings. The van der Waals surface area contributed by atoms with Crippen LogP contribution in [0.25, 0.3) is 0 Å². The molecule has 1 aromatic rings. The van der Waals surface area contributed by atoms with Crippen LogP contribution in [-0.4, -0.2) is 22.4 Å². The average Bonchev–Trinajstić information content (AvgIpc) is 2.71. The van der Waals surface area contributed by atoms with Crippen molar-refractivity contribution in [3.8, 4) is 0 Å². The number of amides is 1. The lowest BCUT2D eigenvalue weighted by molar-refractivity contribution is -0.384. The van der Waals surface area contributed by atoms with E-state index in [4.69, 9.17) is 4.74 Å². The predicted molar refractivity (Wildman–Crippen MR) is 83.8 cm³/mol. The molecule has 0 bridgehead atoms. The second-order valence-corrected chi connectivity index (χ2v) is 6.51. The summed E-state index contributed by atoms with van der Waals surface area (Å²) >= 11 is 0. The number of rotatable bonds is 5. The second kappa shape index (κ2) is 6.36. The van der Waals surface area contributed by atoms with Crippen LogP contribution in [-0.2, 0) is 14.3 Å². The molecule has 7 heteroatoms. The number of benzene rings is 1. The first kappa shape index (κ1) is 16.9. The lowest BCUT2D eigenvalue weighted by atomic mass is 9.89. The Hall–Kier alpha value is -2.44. The molecule has 1 fully saturated rings. The van der Waals surface area contributed by atoms with E-state index in [1.54, 1.807) is 6.92 Å². The van der Waals surface area contributed by atoms with Crippen molar-refractivity contribution in [2.75, 3.05) is 5.32 Å². The Morgan fingerprint density at radius 2 is 2.04 bits per heavy atom. The summed E-state index contributed by atoms with van der Waals surface area (Å²) < 4.78 is 5.26. The first-order valence-corrected chi connectivity index (χ1v) is 7.46. The quantitative estimate of drug-likeness (QED) is 0.511. The highest BCUT2D eigenvalue weighted by molar-refractivity contribution is 5.92. The highest BCUT2D eigenvalue weighted by Gasteiger charge is 2.41. The SMILES string of the molecule is C[C@H](C[C@@H]1CC(C)(C)OC1=O)C(=O)Nc1ccc([N+](=O)[O-])cc1. The Morgan fingerprint density at radius 3 is 2.52 bits per heavy atom. The molecule has 1 aliphatic heterocycles. The number of non-ortho nitro benzene ring substituents is 1. The van der Waals surface area contributed by atoms with E-state index in [0.717, 1.165) is 0 Å². The largest absolute Gasteiger partial charge is 0.459 e. The molecule has 0 aromatic heterocycles. The monoisotopic (exact) mass is 320 g/mol. The third kappa shape index (κ3) is 4.28. The number of nitrogens with one attached hydrogen (secondary N) is 1. The molecule has 1 saturated heterocycles. The molecule has 1 aromatic carbocycles. The second-order valence-electron chi connectivity index (χ2n) is 6.51. The van der Waals surface area contributed by atoms with Crippen LogP contribution < -0.4 is 5.32 Å². The van der Waals surface area contributed by atoms with Crippen LogP contribution >= 0.6 is 0 Å². The van der Waals surface area contributed by atoms with Gasteiger partial charge in [0.15, 0.2) is 0 Å². The Balaban J connectivity index is 1.92. The fraction of sp³-hybridized carbons (Fsp3) is 0.500. The molecule has 7 nitrogen and oxygen atoms in total. The van der Waals surface area contributed by atoms with Crippen molar-refractivity contribution in [3.63, 3.8) is 0 Å². The van der Waals surface area contributed by atoms with Crippen molar-refractivity contribution in [3.05, 3.63) is 34.4 Å². The van der Waals surface area contributed by atoms with Gasteiger partial charge in [0.05, 0.1) is 10.8 Å². The van der Waals surface area contributed by atoms with E-state index >= 15 is 0 Å². The van der Waals surface area contributed by atoms with Crippen molar-refractivity contribution in [2.24, 2.45) is 11.8 Å². The number of hydrogen-bond donors (Lipinski definition) is 1. The molecular formula is C16H20N2O5. The van der Waals surface area contributed by atoms with Gasteiger partial charge in [-0.3, -0.25) is 19.7 Å². The number of ether oxygens (including phenoxy) is 1. The number of carbonyl (C=O) groups excluding carboxylic acids is 2. The molecule has 1 N–H and O–H groups in total. The van der Waals surface area contributed by atoms with Crippen LogP contribution in [0.3, 0.4) is 0 Å². The number of hydrogen-bond acceptors (Lipinski definition) is 5. The maximum Gasteiger partial charge on any atom is 0.309 e. The molecule has 2 rings (SSSR count). The maximum atomic E-state index is 12.2. The number of anilines is 1. The van der Waals surface area contributed by atoms with E-state index in [9.17, 15) is 19.7 Å². The van der Waals surface area contributed by atoms with Crippen molar-refractivity contribution in [1.82, 2.24) is 0 Å². The van der Waals surface area contributed by atoms with Crippen LogP contribution in [0, 0.1) is 22.0 Å². The zero-order valence-electron chi connectivity index (χ0n) is 13.4. The fourth-order valence-electron chi connectivity index (χ4n) is 2.72. The minimum atomic E-state index is -0.498. The molecule has 23 heavy (non-hydrogen) atoms. The minimum absolute atomic E-state index is 0.0352. The Bertz CT molecular complexity index is 624. The van der Waals surface area contributed by atoms with Crippen LogP contribution in [0.5, 0.6) is 0 Å². The lowest BCUT2D eigenvalue weighted by Gasteiger charge is -2.16. The fourth-order valence-corrected chi connectivity index (χ4v) is 2.72. The van der Waals surface area contributed by atoms with Crippen LogP contribution in [0.1, 0.15) is 33.6 Å². The van der Waals surface area contributed by atoms with Crippen LogP contribution in [0.2, 0.25) is 0 Å². The van der Waals surface area contributed by atoms with E-state index in [0.29, 0.717) is 18.5 Å². The molecule has 0 radical (unpaired) electrons. The number of nitro benzene ring substituents is 1. The van der Waals surface area contributed by atoms with Gasteiger partial charge in [-0.1, -0.05) is 6.92 Å². The third-order valence-electron chi connectivity index (χ3n) is 3.88. The molecule has 1 heterocycles. The van der Waals surface area contributed by atoms with Gasteiger partial charge in [-0.25, -0.2) is 0 Å². The first-order valence-electron chi connectivity index (χ1n) is 7.46. The van der Waals surface area contributed by atoms with Crippen LogP contribution in [0.15, 0.2) is 24.3 Å². The zero-order valence-corrected chi connectivity index (χ0v) is 13.4. The van der Waals surface area contributed by atoms with Crippen molar-refractivity contribution < 1.29 is 19.2 Å². The zero-order chi connectivity index (χ0) is 17.2. The van der Waals surface area contributed by atoms with Crippen LogP contribution in [0.4, 0.5) is 11.4 Å². The van der Waals surface area contributed by atoms with Crippen molar-refractivity contribution in [1.29, 1.82) is 0 Å². The van der Waals surface area contributed by atoms with Gasteiger partial charge >= 0.3 is 5.97 Å². The van der Waals surface area contributed by atoms with Gasteiger partial charge in [0.2, 0.25) is 5.91 Å². The molecular weight excluding hydrogens is 300 g/mol. The summed E-state index contributed by atoms with van der Waals surface area (Å²) in [4.78, 5) is 34.1. The summed E-state index contributed by atoms with van der Waals surface area (Å²) in [5, 5.41) is 13.3. The third-order valence-corrected chi connectivity index (χ3v) is 3.88. The van der Waals surface area contributed by atoms with Crippen molar-refractivity contribution >= 4 is 23.3 Å².